The number of aromatic nitrogens is 4. The molecule has 0 spiro atoms. The summed E-state index contributed by atoms with van der Waals surface area (Å²) in [7, 11) is -2.86. The maximum Gasteiger partial charge on any atom is 0.185 e. The molecule has 1 aliphatic rings. The molecule has 13 rings (SSSR count). The molecule has 0 saturated heterocycles. The molecule has 0 N–H and O–H groups in total. The van der Waals surface area contributed by atoms with Crippen molar-refractivity contribution < 1.29 is 0 Å². The zero-order chi connectivity index (χ0) is 41.5. The number of hydrogen-bond acceptors (Lipinski definition) is 2. The van der Waals surface area contributed by atoms with Crippen molar-refractivity contribution in [3.63, 3.8) is 0 Å². The molecule has 0 aliphatic carbocycles. The van der Waals surface area contributed by atoms with E-state index in [-0.39, 0.29) is 0 Å². The molecule has 4 nitrogen and oxygen atoms in total. The second kappa shape index (κ2) is 14.0. The smallest absolute Gasteiger partial charge is 0.185 e. The van der Waals surface area contributed by atoms with E-state index in [0.29, 0.717) is 0 Å². The van der Waals surface area contributed by atoms with E-state index in [4.69, 9.17) is 9.97 Å². The van der Waals surface area contributed by atoms with Crippen LogP contribution in [-0.4, -0.2) is 27.2 Å². The summed E-state index contributed by atoms with van der Waals surface area (Å²) in [6.45, 7) is 0. The van der Waals surface area contributed by atoms with Crippen LogP contribution in [0, 0.1) is 0 Å². The van der Waals surface area contributed by atoms with Crippen LogP contribution in [0.5, 0.6) is 0 Å². The first kappa shape index (κ1) is 35.6. The molecule has 0 amide bonds. The number of benzene rings is 9. The second-order valence-corrected chi connectivity index (χ2v) is 20.1. The van der Waals surface area contributed by atoms with Crippen LogP contribution in [0.3, 0.4) is 0 Å². The Morgan fingerprint density at radius 2 is 0.794 bits per heavy atom. The lowest BCUT2D eigenvalue weighted by molar-refractivity contribution is 1.17. The van der Waals surface area contributed by atoms with Crippen LogP contribution in [0.1, 0.15) is 0 Å². The number of para-hydroxylation sites is 3. The molecule has 63 heavy (non-hydrogen) atoms. The first-order valence-electron chi connectivity index (χ1n) is 21.6. The van der Waals surface area contributed by atoms with Crippen molar-refractivity contribution in [3.05, 3.63) is 231 Å². The van der Waals surface area contributed by atoms with Gasteiger partial charge in [0.25, 0.3) is 0 Å². The molecule has 9 aromatic carbocycles. The molecule has 0 bridgehead atoms. The molecule has 5 heteroatoms. The quantitative estimate of drug-likeness (QED) is 0.157. The fourth-order valence-electron chi connectivity index (χ4n) is 10.7. The van der Waals surface area contributed by atoms with Gasteiger partial charge in [0.2, 0.25) is 0 Å². The van der Waals surface area contributed by atoms with Crippen LogP contribution < -0.4 is 20.7 Å². The van der Waals surface area contributed by atoms with Gasteiger partial charge >= 0.3 is 0 Å². The van der Waals surface area contributed by atoms with Crippen molar-refractivity contribution in [3.8, 4) is 45.3 Å². The van der Waals surface area contributed by atoms with Gasteiger partial charge in [0.15, 0.2) is 13.9 Å². The van der Waals surface area contributed by atoms with Gasteiger partial charge in [0.05, 0.1) is 33.5 Å². The molecule has 0 saturated carbocycles. The molecule has 3 aromatic heterocycles. The van der Waals surface area contributed by atoms with Gasteiger partial charge in [-0.1, -0.05) is 170 Å². The lowest BCUT2D eigenvalue weighted by atomic mass is 10.1. The fourth-order valence-corrected chi connectivity index (χ4v) is 15.9. The summed E-state index contributed by atoms with van der Waals surface area (Å²) in [4.78, 5) is 11.2. The standard InChI is InChI=1S/C58H38N4Si/c1-5-19-39(20-6-1)55-57-56(47-29-15-18-32-52(47)63(57,43-23-9-3-10-24-43)44-25-11-4-12-26-44)60-58(59-55)40-33-35-42(36-34-40)62-49-31-17-14-28-46(49)54-51(62)38-37-50-53(54)45-27-13-16-30-48(45)61(50)41-21-7-2-8-22-41/h1-38H. The van der Waals surface area contributed by atoms with E-state index < -0.39 is 8.07 Å². The lowest BCUT2D eigenvalue weighted by Gasteiger charge is -2.32. The number of rotatable bonds is 6. The van der Waals surface area contributed by atoms with E-state index >= 15 is 0 Å². The normalized spacial score (nSPS) is 12.9. The van der Waals surface area contributed by atoms with Crippen LogP contribution in [0.15, 0.2) is 231 Å². The summed E-state index contributed by atoms with van der Waals surface area (Å²) in [6.07, 6.45) is 0. The van der Waals surface area contributed by atoms with Gasteiger partial charge in [0.1, 0.15) is 0 Å². The summed E-state index contributed by atoms with van der Waals surface area (Å²) in [6, 6.07) is 83.6. The molecule has 0 radical (unpaired) electrons. The summed E-state index contributed by atoms with van der Waals surface area (Å²) in [5.74, 6) is 0.720. The van der Waals surface area contributed by atoms with Crippen molar-refractivity contribution in [1.29, 1.82) is 0 Å². The number of nitrogens with zero attached hydrogens (tertiary/aromatic N) is 4. The van der Waals surface area contributed by atoms with Crippen LogP contribution in [-0.2, 0) is 0 Å². The monoisotopic (exact) mass is 818 g/mol. The summed E-state index contributed by atoms with van der Waals surface area (Å²) >= 11 is 0. The number of hydrogen-bond donors (Lipinski definition) is 0. The minimum absolute atomic E-state index is 0.720. The van der Waals surface area contributed by atoms with E-state index in [1.807, 2.05) is 0 Å². The van der Waals surface area contributed by atoms with E-state index in [9.17, 15) is 0 Å². The highest BCUT2D eigenvalue weighted by Gasteiger charge is 2.51. The van der Waals surface area contributed by atoms with E-state index in [0.717, 1.165) is 39.7 Å². The molecule has 4 heterocycles. The maximum atomic E-state index is 5.61. The highest BCUT2D eigenvalue weighted by molar-refractivity contribution is 7.22. The van der Waals surface area contributed by atoms with Crippen molar-refractivity contribution in [2.75, 3.05) is 0 Å². The molecular weight excluding hydrogens is 781 g/mol. The number of fused-ring (bicyclic) bond motifs is 10. The first-order valence-corrected chi connectivity index (χ1v) is 23.6. The topological polar surface area (TPSA) is 35.6 Å². The Hall–Kier alpha value is -8.12. The van der Waals surface area contributed by atoms with E-state index in [1.165, 1.54) is 69.9 Å². The molecular formula is C58H38N4Si. The predicted octanol–water partition coefficient (Wildman–Crippen LogP) is 11.4. The van der Waals surface area contributed by atoms with Gasteiger partial charge in [-0.25, -0.2) is 9.97 Å². The average molecular weight is 819 g/mol. The van der Waals surface area contributed by atoms with Crippen molar-refractivity contribution in [2.24, 2.45) is 0 Å². The first-order chi connectivity index (χ1) is 31.3. The zero-order valence-corrected chi connectivity index (χ0v) is 35.2. The summed E-state index contributed by atoms with van der Waals surface area (Å²) < 4.78 is 4.81. The lowest BCUT2D eigenvalue weighted by Crippen LogP contribution is -2.73. The van der Waals surface area contributed by atoms with Gasteiger partial charge in [-0.15, -0.1) is 0 Å². The highest BCUT2D eigenvalue weighted by Crippen LogP contribution is 2.42. The largest absolute Gasteiger partial charge is 0.309 e. The average Bonchev–Trinajstić information content (AvgIpc) is 3.99. The Kier molecular flexibility index (Phi) is 7.89. The van der Waals surface area contributed by atoms with Gasteiger partial charge in [-0.05, 0) is 76.2 Å². The third-order valence-corrected chi connectivity index (χ3v) is 18.1. The minimum Gasteiger partial charge on any atom is -0.309 e. The molecule has 1 aliphatic heterocycles. The van der Waals surface area contributed by atoms with Gasteiger partial charge in [-0.2, -0.15) is 0 Å². The highest BCUT2D eigenvalue weighted by atomic mass is 28.3. The van der Waals surface area contributed by atoms with Crippen LogP contribution in [0.2, 0.25) is 0 Å². The Morgan fingerprint density at radius 3 is 1.38 bits per heavy atom. The van der Waals surface area contributed by atoms with Gasteiger partial charge < -0.3 is 9.13 Å². The third-order valence-electron chi connectivity index (χ3n) is 13.2. The van der Waals surface area contributed by atoms with Crippen LogP contribution in [0.25, 0.3) is 88.9 Å². The summed E-state index contributed by atoms with van der Waals surface area (Å²) in [5.41, 5.74) is 12.3. The SMILES string of the molecule is c1ccc(-c2nc(-c3ccc(-n4c5ccccc5c5c6c7ccccc7n(-c7ccccc7)c6ccc54)cc3)nc3c2[Si](c2ccccc2)(c2ccccc2)c2ccccc2-3)cc1. The van der Waals surface area contributed by atoms with Gasteiger partial charge in [0, 0.05) is 54.8 Å². The van der Waals surface area contributed by atoms with Crippen LogP contribution >= 0.6 is 0 Å². The molecule has 0 atom stereocenters. The van der Waals surface area contributed by atoms with E-state index in [1.54, 1.807) is 0 Å². The third kappa shape index (κ3) is 5.14. The van der Waals surface area contributed by atoms with Gasteiger partial charge in [-0.3, -0.25) is 0 Å². The van der Waals surface area contributed by atoms with Crippen LogP contribution in [0.4, 0.5) is 0 Å². The van der Waals surface area contributed by atoms with Crippen molar-refractivity contribution in [1.82, 2.24) is 19.1 Å². The second-order valence-electron chi connectivity index (χ2n) is 16.5. The zero-order valence-electron chi connectivity index (χ0n) is 34.2. The Morgan fingerprint density at radius 1 is 0.333 bits per heavy atom. The maximum absolute atomic E-state index is 5.61. The van der Waals surface area contributed by atoms with E-state index in [2.05, 4.69) is 240 Å². The van der Waals surface area contributed by atoms with Crippen molar-refractivity contribution >= 4 is 72.4 Å². The summed E-state index contributed by atoms with van der Waals surface area (Å²) in [5, 5.41) is 10.3. The Labute approximate surface area is 365 Å². The fraction of sp³-hybridized carbons (Fsp3) is 0. The molecule has 12 aromatic rings. The predicted molar refractivity (Wildman–Crippen MR) is 264 cm³/mol. The molecule has 294 valence electrons. The Bertz CT molecular complexity index is 3670. The minimum atomic E-state index is -2.86. The Balaban J connectivity index is 1.03. The van der Waals surface area contributed by atoms with Crippen molar-refractivity contribution in [2.45, 2.75) is 0 Å². The molecule has 0 unspecified atom stereocenters. The molecule has 0 fully saturated rings.